The van der Waals surface area contributed by atoms with E-state index in [2.05, 4.69) is 0 Å². The number of benzene rings is 2. The maximum Gasteiger partial charge on any atom is 0.146 e. The van der Waals surface area contributed by atoms with Gasteiger partial charge >= 0.3 is 0 Å². The highest BCUT2D eigenvalue weighted by molar-refractivity contribution is 5.61. The van der Waals surface area contributed by atoms with Crippen molar-refractivity contribution in [1.29, 1.82) is 0 Å². The molecule has 0 bridgehead atoms. The summed E-state index contributed by atoms with van der Waals surface area (Å²) < 4.78 is 24.0. The number of rotatable bonds is 4. The second-order valence-electron chi connectivity index (χ2n) is 3.93. The molecule has 0 aliphatic carbocycles. The van der Waals surface area contributed by atoms with Crippen LogP contribution >= 0.6 is 0 Å². The number of methoxy groups -OCH3 is 1. The first kappa shape index (κ1) is 13.0. The Labute approximate surface area is 110 Å². The fraction of sp³-hybridized carbons (Fsp3) is 0.143. The molecule has 0 heterocycles. The molecule has 0 saturated heterocycles. The zero-order chi connectivity index (χ0) is 13.8. The van der Waals surface area contributed by atoms with E-state index in [4.69, 9.17) is 15.2 Å². The lowest BCUT2D eigenvalue weighted by atomic mass is 10.2. The molecule has 2 rings (SSSR count). The number of phenols is 1. The summed E-state index contributed by atoms with van der Waals surface area (Å²) in [4.78, 5) is 0. The van der Waals surface area contributed by atoms with Gasteiger partial charge < -0.3 is 20.3 Å². The van der Waals surface area contributed by atoms with Crippen LogP contribution in [0.2, 0.25) is 0 Å². The van der Waals surface area contributed by atoms with Crippen molar-refractivity contribution in [2.75, 3.05) is 12.8 Å². The summed E-state index contributed by atoms with van der Waals surface area (Å²) in [5.74, 6) is 0.277. The molecule has 0 saturated carbocycles. The number of halogens is 1. The lowest BCUT2D eigenvalue weighted by molar-refractivity contribution is 0.299. The Hall–Kier alpha value is -2.43. The lowest BCUT2D eigenvalue weighted by Crippen LogP contribution is -2.01. The molecular weight excluding hydrogens is 249 g/mol. The molecule has 0 aromatic heterocycles. The molecule has 2 aromatic rings. The first-order chi connectivity index (χ1) is 9.11. The third-order valence-corrected chi connectivity index (χ3v) is 2.69. The molecule has 0 radical (unpaired) electrons. The third-order valence-electron chi connectivity index (χ3n) is 2.69. The molecule has 0 atom stereocenters. The van der Waals surface area contributed by atoms with Gasteiger partial charge in [-0.3, -0.25) is 0 Å². The Morgan fingerprint density at radius 2 is 2.05 bits per heavy atom. The van der Waals surface area contributed by atoms with Crippen LogP contribution < -0.4 is 15.2 Å². The van der Waals surface area contributed by atoms with E-state index >= 15 is 0 Å². The summed E-state index contributed by atoms with van der Waals surface area (Å²) in [5, 5.41) is 9.42. The topological polar surface area (TPSA) is 64.7 Å². The van der Waals surface area contributed by atoms with Crippen LogP contribution in [0.1, 0.15) is 5.56 Å². The van der Waals surface area contributed by atoms with Crippen LogP contribution in [0, 0.1) is 5.82 Å². The van der Waals surface area contributed by atoms with Gasteiger partial charge in [-0.1, -0.05) is 6.07 Å². The fourth-order valence-electron chi connectivity index (χ4n) is 1.59. The Kier molecular flexibility index (Phi) is 3.75. The maximum atomic E-state index is 13.7. The highest BCUT2D eigenvalue weighted by Crippen LogP contribution is 2.30. The molecule has 5 heteroatoms. The molecule has 4 nitrogen and oxygen atoms in total. The minimum absolute atomic E-state index is 0.0173. The summed E-state index contributed by atoms with van der Waals surface area (Å²) >= 11 is 0. The van der Waals surface area contributed by atoms with E-state index in [-0.39, 0.29) is 18.0 Å². The molecule has 0 fully saturated rings. The van der Waals surface area contributed by atoms with Gasteiger partial charge in [0.2, 0.25) is 0 Å². The molecule has 2 aromatic carbocycles. The zero-order valence-electron chi connectivity index (χ0n) is 10.4. The monoisotopic (exact) mass is 263 g/mol. The van der Waals surface area contributed by atoms with E-state index in [1.807, 2.05) is 0 Å². The SMILES string of the molecule is COc1ccc(COc2cccc(O)c2N)c(F)c1. The standard InChI is InChI=1S/C14H14FNO3/c1-18-10-6-5-9(11(15)7-10)8-19-13-4-2-3-12(17)14(13)16/h2-7,17H,8,16H2,1H3. The Bertz CT molecular complexity index is 587. The van der Waals surface area contributed by atoms with Gasteiger partial charge in [-0.25, -0.2) is 4.39 Å². The number of anilines is 1. The van der Waals surface area contributed by atoms with E-state index in [0.717, 1.165) is 0 Å². The highest BCUT2D eigenvalue weighted by Gasteiger charge is 2.08. The summed E-state index contributed by atoms with van der Waals surface area (Å²) in [5.41, 5.74) is 6.16. The smallest absolute Gasteiger partial charge is 0.146 e. The van der Waals surface area contributed by atoms with Crippen LogP contribution in [0.4, 0.5) is 10.1 Å². The number of para-hydroxylation sites is 1. The Balaban J connectivity index is 2.12. The predicted molar refractivity (Wildman–Crippen MR) is 69.8 cm³/mol. The molecule has 0 aliphatic heterocycles. The molecule has 0 spiro atoms. The summed E-state index contributed by atoms with van der Waals surface area (Å²) in [6.45, 7) is 0.0173. The summed E-state index contributed by atoms with van der Waals surface area (Å²) in [6.07, 6.45) is 0. The minimum atomic E-state index is -0.418. The van der Waals surface area contributed by atoms with E-state index < -0.39 is 5.82 Å². The molecule has 0 amide bonds. The van der Waals surface area contributed by atoms with Crippen LogP contribution in [-0.2, 0) is 6.61 Å². The van der Waals surface area contributed by atoms with E-state index in [1.165, 1.54) is 19.2 Å². The molecule has 19 heavy (non-hydrogen) atoms. The first-order valence-electron chi connectivity index (χ1n) is 5.64. The number of aromatic hydroxyl groups is 1. The average Bonchev–Trinajstić information content (AvgIpc) is 2.41. The van der Waals surface area contributed by atoms with Crippen molar-refractivity contribution in [3.8, 4) is 17.2 Å². The fourth-order valence-corrected chi connectivity index (χ4v) is 1.59. The van der Waals surface area contributed by atoms with Crippen LogP contribution in [0.3, 0.4) is 0 Å². The normalized spacial score (nSPS) is 10.2. The van der Waals surface area contributed by atoms with Gasteiger partial charge in [0, 0.05) is 11.6 Å². The number of phenolic OH excluding ortho intramolecular Hbond substituents is 1. The molecule has 100 valence electrons. The number of nitrogen functional groups attached to an aromatic ring is 1. The average molecular weight is 263 g/mol. The Morgan fingerprint density at radius 1 is 1.26 bits per heavy atom. The maximum absolute atomic E-state index is 13.7. The first-order valence-corrected chi connectivity index (χ1v) is 5.64. The van der Waals surface area contributed by atoms with Crippen molar-refractivity contribution < 1.29 is 19.0 Å². The lowest BCUT2D eigenvalue weighted by Gasteiger charge is -2.10. The van der Waals surface area contributed by atoms with Crippen LogP contribution in [-0.4, -0.2) is 12.2 Å². The molecule has 0 unspecified atom stereocenters. The summed E-state index contributed by atoms with van der Waals surface area (Å²) in [6, 6.07) is 9.17. The largest absolute Gasteiger partial charge is 0.506 e. The van der Waals surface area contributed by atoms with Gasteiger partial charge in [0.25, 0.3) is 0 Å². The van der Waals surface area contributed by atoms with Crippen molar-refractivity contribution in [2.24, 2.45) is 0 Å². The number of nitrogens with two attached hydrogens (primary N) is 1. The van der Waals surface area contributed by atoms with Gasteiger partial charge in [-0.2, -0.15) is 0 Å². The Morgan fingerprint density at radius 3 is 2.74 bits per heavy atom. The van der Waals surface area contributed by atoms with Crippen LogP contribution in [0.15, 0.2) is 36.4 Å². The van der Waals surface area contributed by atoms with E-state index in [1.54, 1.807) is 24.3 Å². The zero-order valence-corrected chi connectivity index (χ0v) is 10.4. The second kappa shape index (κ2) is 5.48. The number of hydrogen-bond acceptors (Lipinski definition) is 4. The van der Waals surface area contributed by atoms with Gasteiger partial charge in [-0.15, -0.1) is 0 Å². The van der Waals surface area contributed by atoms with Gasteiger partial charge in [-0.05, 0) is 24.3 Å². The van der Waals surface area contributed by atoms with Gasteiger partial charge in [0.05, 0.1) is 7.11 Å². The number of ether oxygens (including phenoxy) is 2. The van der Waals surface area contributed by atoms with Gasteiger partial charge in [0.1, 0.15) is 35.4 Å². The third kappa shape index (κ3) is 2.88. The van der Waals surface area contributed by atoms with Crippen LogP contribution in [0.25, 0.3) is 0 Å². The molecule has 3 N–H and O–H groups in total. The predicted octanol–water partition coefficient (Wildman–Crippen LogP) is 2.70. The van der Waals surface area contributed by atoms with E-state index in [0.29, 0.717) is 17.1 Å². The van der Waals surface area contributed by atoms with Gasteiger partial charge in [0.15, 0.2) is 0 Å². The second-order valence-corrected chi connectivity index (χ2v) is 3.93. The van der Waals surface area contributed by atoms with Crippen molar-refractivity contribution in [3.05, 3.63) is 47.8 Å². The molecular formula is C14H14FNO3. The van der Waals surface area contributed by atoms with Crippen molar-refractivity contribution >= 4 is 5.69 Å². The van der Waals surface area contributed by atoms with E-state index in [9.17, 15) is 9.50 Å². The quantitative estimate of drug-likeness (QED) is 0.657. The highest BCUT2D eigenvalue weighted by atomic mass is 19.1. The molecule has 0 aliphatic rings. The van der Waals surface area contributed by atoms with Crippen molar-refractivity contribution in [2.45, 2.75) is 6.61 Å². The summed E-state index contributed by atoms with van der Waals surface area (Å²) in [7, 11) is 1.47. The number of hydrogen-bond donors (Lipinski definition) is 2. The van der Waals surface area contributed by atoms with Crippen molar-refractivity contribution in [3.63, 3.8) is 0 Å². The minimum Gasteiger partial charge on any atom is -0.506 e. The van der Waals surface area contributed by atoms with Crippen LogP contribution in [0.5, 0.6) is 17.2 Å². The van der Waals surface area contributed by atoms with Crippen molar-refractivity contribution in [1.82, 2.24) is 0 Å².